The zero-order chi connectivity index (χ0) is 21.8. The Morgan fingerprint density at radius 2 is 2.00 bits per heavy atom. The van der Waals surface area contributed by atoms with Crippen LogP contribution in [0.25, 0.3) is 22.2 Å². The summed E-state index contributed by atoms with van der Waals surface area (Å²) in [6, 6.07) is 11.9. The summed E-state index contributed by atoms with van der Waals surface area (Å²) in [4.78, 5) is 13.1. The van der Waals surface area contributed by atoms with Crippen molar-refractivity contribution in [2.24, 2.45) is 0 Å². The molecule has 1 aliphatic heterocycles. The summed E-state index contributed by atoms with van der Waals surface area (Å²) in [5, 5.41) is 6.03. The van der Waals surface area contributed by atoms with Gasteiger partial charge in [0.05, 0.1) is 18.6 Å². The third-order valence-electron chi connectivity index (χ3n) is 7.03. The first-order valence-corrected chi connectivity index (χ1v) is 14.1. The van der Waals surface area contributed by atoms with Crippen LogP contribution in [0.5, 0.6) is 5.75 Å². The van der Waals surface area contributed by atoms with Crippen LogP contribution >= 0.6 is 0 Å². The van der Waals surface area contributed by atoms with Gasteiger partial charge in [-0.1, -0.05) is 51.0 Å². The van der Waals surface area contributed by atoms with Crippen LogP contribution in [0.4, 0.5) is 5.82 Å². The average Bonchev–Trinajstić information content (AvgIpc) is 3.48. The molecule has 0 aliphatic carbocycles. The van der Waals surface area contributed by atoms with E-state index in [9.17, 15) is 0 Å². The fourth-order valence-electron chi connectivity index (χ4n) is 4.92. The maximum atomic E-state index is 5.82. The third kappa shape index (κ3) is 4.08. The molecule has 0 unspecified atom stereocenters. The van der Waals surface area contributed by atoms with Crippen molar-refractivity contribution in [1.82, 2.24) is 15.0 Å². The lowest BCUT2D eigenvalue weighted by Gasteiger charge is -2.28. The molecule has 0 amide bonds. The number of aromatic amines is 1. The summed E-state index contributed by atoms with van der Waals surface area (Å²) in [6.07, 6.45) is 4.13. The maximum absolute atomic E-state index is 5.82. The van der Waals surface area contributed by atoms with E-state index in [2.05, 4.69) is 59.2 Å². The van der Waals surface area contributed by atoms with Crippen LogP contribution in [0.1, 0.15) is 33.6 Å². The lowest BCUT2D eigenvalue weighted by Crippen LogP contribution is -2.47. The number of hydrogen-bond donors (Lipinski definition) is 2. The zero-order valence-corrected chi connectivity index (χ0v) is 20.1. The summed E-state index contributed by atoms with van der Waals surface area (Å²) in [6.45, 7) is 8.63. The highest BCUT2D eigenvalue weighted by Gasteiger charge is 2.35. The molecule has 7 heteroatoms. The second-order valence-corrected chi connectivity index (χ2v) is 13.6. The van der Waals surface area contributed by atoms with Gasteiger partial charge >= 0.3 is 0 Å². The van der Waals surface area contributed by atoms with Crippen molar-refractivity contribution < 1.29 is 9.47 Å². The first kappa shape index (κ1) is 21.8. The molecule has 1 saturated heterocycles. The van der Waals surface area contributed by atoms with Gasteiger partial charge in [-0.3, -0.25) is 0 Å². The topological polar surface area (TPSA) is 72.1 Å². The molecular formula is C24H34N4O2Si. The Morgan fingerprint density at radius 3 is 2.68 bits per heavy atom. The minimum atomic E-state index is -1.72. The second-order valence-electron chi connectivity index (χ2n) is 8.41. The summed E-state index contributed by atoms with van der Waals surface area (Å²) in [5.74, 6) is 1.74. The second kappa shape index (κ2) is 9.40. The highest BCUT2D eigenvalue weighted by Crippen LogP contribution is 2.36. The van der Waals surface area contributed by atoms with Crippen LogP contribution < -0.4 is 15.4 Å². The smallest absolute Gasteiger partial charge is 0.143 e. The van der Waals surface area contributed by atoms with Gasteiger partial charge in [-0.2, -0.15) is 0 Å². The largest absolute Gasteiger partial charge is 0.497 e. The van der Waals surface area contributed by atoms with E-state index < -0.39 is 8.07 Å². The van der Waals surface area contributed by atoms with Gasteiger partial charge in [0.15, 0.2) is 0 Å². The number of nitrogens with zero attached hydrogens (tertiary/aromatic N) is 2. The van der Waals surface area contributed by atoms with Crippen molar-refractivity contribution >= 4 is 30.2 Å². The lowest BCUT2D eigenvalue weighted by atomic mass is 10.1. The molecule has 6 nitrogen and oxygen atoms in total. The van der Waals surface area contributed by atoms with Gasteiger partial charge in [0.1, 0.15) is 31.6 Å². The summed E-state index contributed by atoms with van der Waals surface area (Å²) >= 11 is 0. The van der Waals surface area contributed by atoms with E-state index >= 15 is 0 Å². The zero-order valence-electron chi connectivity index (χ0n) is 19.1. The molecule has 31 heavy (non-hydrogen) atoms. The van der Waals surface area contributed by atoms with Gasteiger partial charge in [0, 0.05) is 24.0 Å². The Labute approximate surface area is 185 Å². The van der Waals surface area contributed by atoms with Gasteiger partial charge in [-0.05, 0) is 30.5 Å². The molecule has 166 valence electrons. The number of benzene rings is 1. The molecule has 1 aromatic carbocycles. The van der Waals surface area contributed by atoms with E-state index in [1.165, 1.54) is 29.0 Å². The van der Waals surface area contributed by atoms with Crippen molar-refractivity contribution in [3.8, 4) is 16.9 Å². The van der Waals surface area contributed by atoms with E-state index in [1.807, 2.05) is 6.07 Å². The highest BCUT2D eigenvalue weighted by molar-refractivity contribution is 6.92. The van der Waals surface area contributed by atoms with Crippen LogP contribution in [0, 0.1) is 0 Å². The molecular weight excluding hydrogens is 404 g/mol. The lowest BCUT2D eigenvalue weighted by molar-refractivity contribution is 0.120. The van der Waals surface area contributed by atoms with Gasteiger partial charge in [-0.25, -0.2) is 9.97 Å². The maximum Gasteiger partial charge on any atom is 0.143 e. The van der Waals surface area contributed by atoms with Gasteiger partial charge in [0.2, 0.25) is 0 Å². The molecule has 0 saturated carbocycles. The van der Waals surface area contributed by atoms with E-state index in [0.717, 1.165) is 54.2 Å². The Morgan fingerprint density at radius 1 is 1.19 bits per heavy atom. The van der Waals surface area contributed by atoms with Gasteiger partial charge in [0.25, 0.3) is 0 Å². The van der Waals surface area contributed by atoms with E-state index in [-0.39, 0.29) is 6.10 Å². The van der Waals surface area contributed by atoms with Crippen molar-refractivity contribution in [2.75, 3.05) is 25.6 Å². The molecule has 2 aromatic heterocycles. The number of H-pyrrole nitrogens is 1. The quantitative estimate of drug-likeness (QED) is 0.463. The molecule has 0 bridgehead atoms. The van der Waals surface area contributed by atoms with Crippen molar-refractivity contribution in [2.45, 2.75) is 57.8 Å². The minimum Gasteiger partial charge on any atom is -0.497 e. The number of ether oxygens (including phenoxy) is 2. The SMILES string of the molecule is CC[Si](CC)(CC)c1[nH]c2ncnc(NC[C@@H]3CCCO3)c2c1-c1cccc(OC)c1. The fraction of sp³-hybridized carbons (Fsp3) is 0.500. The Bertz CT molecular complexity index is 1020. The van der Waals surface area contributed by atoms with Crippen molar-refractivity contribution in [3.63, 3.8) is 0 Å². The van der Waals surface area contributed by atoms with Crippen LogP contribution in [-0.4, -0.2) is 49.4 Å². The summed E-state index contributed by atoms with van der Waals surface area (Å²) in [7, 11) is -0.00123. The summed E-state index contributed by atoms with van der Waals surface area (Å²) < 4.78 is 11.4. The van der Waals surface area contributed by atoms with Gasteiger partial charge in [-0.15, -0.1) is 0 Å². The van der Waals surface area contributed by atoms with Crippen molar-refractivity contribution in [1.29, 1.82) is 0 Å². The Kier molecular flexibility index (Phi) is 6.62. The number of anilines is 1. The molecule has 1 aliphatic rings. The number of nitrogens with one attached hydrogen (secondary N) is 2. The van der Waals surface area contributed by atoms with Crippen LogP contribution in [0.15, 0.2) is 30.6 Å². The first-order chi connectivity index (χ1) is 15.2. The first-order valence-electron chi connectivity index (χ1n) is 11.5. The predicted molar refractivity (Wildman–Crippen MR) is 130 cm³/mol. The molecule has 0 radical (unpaired) electrons. The number of hydrogen-bond acceptors (Lipinski definition) is 5. The monoisotopic (exact) mass is 438 g/mol. The number of methoxy groups -OCH3 is 1. The predicted octanol–water partition coefficient (Wildman–Crippen LogP) is 4.94. The Balaban J connectivity index is 1.91. The normalized spacial score (nSPS) is 16.7. The highest BCUT2D eigenvalue weighted by atomic mass is 28.3. The van der Waals surface area contributed by atoms with E-state index in [1.54, 1.807) is 13.4 Å². The molecule has 1 atom stereocenters. The van der Waals surface area contributed by atoms with Crippen LogP contribution in [0.3, 0.4) is 0 Å². The number of aromatic nitrogens is 3. The molecule has 3 aromatic rings. The number of rotatable bonds is 9. The fourth-order valence-corrected chi connectivity index (χ4v) is 8.66. The average molecular weight is 439 g/mol. The molecule has 0 spiro atoms. The van der Waals surface area contributed by atoms with E-state index in [4.69, 9.17) is 9.47 Å². The van der Waals surface area contributed by atoms with Crippen LogP contribution in [0.2, 0.25) is 18.1 Å². The summed E-state index contributed by atoms with van der Waals surface area (Å²) in [5.41, 5.74) is 3.30. The van der Waals surface area contributed by atoms with Gasteiger partial charge < -0.3 is 19.8 Å². The molecule has 2 N–H and O–H groups in total. The minimum absolute atomic E-state index is 0.249. The standard InChI is InChI=1S/C24H34N4O2Si/c1-5-31(6-2,7-3)24-20(17-10-8-11-18(14-17)29-4)21-22(26-16-27-23(21)28-24)25-15-19-12-9-13-30-19/h8,10-11,14,16,19H,5-7,9,12-13,15H2,1-4H3,(H2,25,26,27,28)/t19-/m0/s1. The molecule has 3 heterocycles. The Hall–Kier alpha value is -2.38. The van der Waals surface area contributed by atoms with Crippen molar-refractivity contribution in [3.05, 3.63) is 30.6 Å². The molecule has 4 rings (SSSR count). The number of fused-ring (bicyclic) bond motifs is 1. The third-order valence-corrected chi connectivity index (χ3v) is 12.5. The van der Waals surface area contributed by atoms with E-state index in [0.29, 0.717) is 0 Å². The van der Waals surface area contributed by atoms with Crippen LogP contribution in [-0.2, 0) is 4.74 Å². The molecule has 1 fully saturated rings.